The van der Waals surface area contributed by atoms with Crippen LogP contribution in [0.3, 0.4) is 0 Å². The molecule has 0 bridgehead atoms. The molecule has 0 saturated carbocycles. The fourth-order valence-electron chi connectivity index (χ4n) is 2.43. The van der Waals surface area contributed by atoms with Gasteiger partial charge in [0.05, 0.1) is 11.2 Å². The van der Waals surface area contributed by atoms with E-state index < -0.39 is 17.1 Å². The minimum atomic E-state index is -0.482. The Morgan fingerprint density at radius 1 is 1.22 bits per heavy atom. The summed E-state index contributed by atoms with van der Waals surface area (Å²) in [5, 5.41) is 2.25. The number of hydrogen-bond acceptors (Lipinski definition) is 5. The van der Waals surface area contributed by atoms with Crippen LogP contribution >= 0.6 is 11.8 Å². The second kappa shape index (κ2) is 8.09. The highest BCUT2D eigenvalue weighted by Crippen LogP contribution is 2.30. The van der Waals surface area contributed by atoms with E-state index in [1.165, 1.54) is 6.08 Å². The Balaban J connectivity index is 1.62. The summed E-state index contributed by atoms with van der Waals surface area (Å²) in [7, 11) is 0. The van der Waals surface area contributed by atoms with E-state index in [0.29, 0.717) is 11.4 Å². The highest BCUT2D eigenvalue weighted by atomic mass is 32.2. The van der Waals surface area contributed by atoms with Crippen LogP contribution in [-0.4, -0.2) is 28.5 Å². The Morgan fingerprint density at radius 2 is 2.04 bits per heavy atom. The van der Waals surface area contributed by atoms with Gasteiger partial charge in [0, 0.05) is 5.69 Å². The number of imide groups is 1. The predicted octanol–water partition coefficient (Wildman–Crippen LogP) is 4.13. The molecule has 1 saturated heterocycles. The first-order chi connectivity index (χ1) is 12.9. The van der Waals surface area contributed by atoms with E-state index in [9.17, 15) is 14.4 Å². The van der Waals surface area contributed by atoms with Crippen molar-refractivity contribution in [2.75, 3.05) is 11.9 Å². The number of benzene rings is 1. The molecule has 0 atom stereocenters. The molecule has 1 N–H and O–H groups in total. The standard InChI is InChI=1S/C20H18N2O4S/c1-13-8-9-15(11-14(13)2)21-18(23)12-22-19(24)17(27-20(22)25)7-3-5-16-6-4-10-26-16/h3-11H,12H2,1-2H3,(H,21,23). The van der Waals surface area contributed by atoms with E-state index in [1.54, 1.807) is 36.6 Å². The number of nitrogens with one attached hydrogen (secondary N) is 1. The van der Waals surface area contributed by atoms with Gasteiger partial charge in [-0.25, -0.2) is 0 Å². The van der Waals surface area contributed by atoms with Gasteiger partial charge >= 0.3 is 0 Å². The second-order valence-electron chi connectivity index (χ2n) is 6.01. The molecule has 3 rings (SSSR count). The summed E-state index contributed by atoms with van der Waals surface area (Å²) in [4.78, 5) is 37.9. The van der Waals surface area contributed by atoms with Crippen LogP contribution in [0.15, 0.2) is 58.1 Å². The first-order valence-corrected chi connectivity index (χ1v) is 9.08. The molecule has 6 nitrogen and oxygen atoms in total. The minimum absolute atomic E-state index is 0.266. The maximum Gasteiger partial charge on any atom is 0.294 e. The highest BCUT2D eigenvalue weighted by molar-refractivity contribution is 8.18. The van der Waals surface area contributed by atoms with E-state index in [4.69, 9.17) is 4.42 Å². The maximum atomic E-state index is 12.4. The normalized spacial score (nSPS) is 15.9. The molecule has 0 radical (unpaired) electrons. The molecular formula is C20H18N2O4S. The van der Waals surface area contributed by atoms with Crippen LogP contribution < -0.4 is 5.32 Å². The van der Waals surface area contributed by atoms with Crippen molar-refractivity contribution in [1.29, 1.82) is 0 Å². The van der Waals surface area contributed by atoms with Crippen molar-refractivity contribution in [3.8, 4) is 0 Å². The molecule has 138 valence electrons. The van der Waals surface area contributed by atoms with E-state index >= 15 is 0 Å². The lowest BCUT2D eigenvalue weighted by molar-refractivity contribution is -0.127. The van der Waals surface area contributed by atoms with Crippen molar-refractivity contribution in [1.82, 2.24) is 4.90 Å². The first-order valence-electron chi connectivity index (χ1n) is 8.26. The number of thioether (sulfide) groups is 1. The van der Waals surface area contributed by atoms with Gasteiger partial charge in [-0.3, -0.25) is 19.3 Å². The minimum Gasteiger partial charge on any atom is -0.465 e. The molecule has 1 aliphatic heterocycles. The number of aryl methyl sites for hydroxylation is 2. The third-order valence-corrected chi connectivity index (χ3v) is 4.94. The molecule has 1 aromatic carbocycles. The molecule has 0 aliphatic carbocycles. The van der Waals surface area contributed by atoms with Gasteiger partial charge in [0.25, 0.3) is 11.1 Å². The van der Waals surface area contributed by atoms with E-state index in [1.807, 2.05) is 26.0 Å². The number of rotatable bonds is 5. The zero-order valence-electron chi connectivity index (χ0n) is 14.9. The first kappa shape index (κ1) is 18.7. The fraction of sp³-hybridized carbons (Fsp3) is 0.150. The number of amides is 3. The Hall–Kier alpha value is -3.06. The van der Waals surface area contributed by atoms with Gasteiger partial charge in [-0.1, -0.05) is 12.1 Å². The zero-order chi connectivity index (χ0) is 19.4. The summed E-state index contributed by atoms with van der Waals surface area (Å²) in [5.41, 5.74) is 2.80. The molecule has 2 aromatic rings. The molecule has 0 spiro atoms. The molecular weight excluding hydrogens is 364 g/mol. The quantitative estimate of drug-likeness (QED) is 0.787. The van der Waals surface area contributed by atoms with Crippen LogP contribution in [0, 0.1) is 13.8 Å². The zero-order valence-corrected chi connectivity index (χ0v) is 15.7. The van der Waals surface area contributed by atoms with Gasteiger partial charge in [-0.15, -0.1) is 0 Å². The lowest BCUT2D eigenvalue weighted by atomic mass is 10.1. The van der Waals surface area contributed by atoms with Crippen molar-refractivity contribution >= 4 is 40.6 Å². The van der Waals surface area contributed by atoms with Gasteiger partial charge in [0.15, 0.2) is 0 Å². The van der Waals surface area contributed by atoms with Gasteiger partial charge in [0.2, 0.25) is 5.91 Å². The number of furan rings is 1. The number of carbonyl (C=O) groups excluding carboxylic acids is 3. The molecule has 0 unspecified atom stereocenters. The Kier molecular flexibility index (Phi) is 5.61. The highest BCUT2D eigenvalue weighted by Gasteiger charge is 2.35. The molecule has 27 heavy (non-hydrogen) atoms. The molecule has 3 amide bonds. The Labute approximate surface area is 160 Å². The lowest BCUT2D eigenvalue weighted by Gasteiger charge is -2.13. The van der Waals surface area contributed by atoms with Crippen LogP contribution in [-0.2, 0) is 9.59 Å². The van der Waals surface area contributed by atoms with Crippen molar-refractivity contribution in [3.05, 3.63) is 70.5 Å². The van der Waals surface area contributed by atoms with Gasteiger partial charge in [-0.05, 0) is 73.2 Å². The average molecular weight is 382 g/mol. The van der Waals surface area contributed by atoms with Crippen molar-refractivity contribution < 1.29 is 18.8 Å². The topological polar surface area (TPSA) is 79.6 Å². The van der Waals surface area contributed by atoms with Gasteiger partial charge < -0.3 is 9.73 Å². The fourth-order valence-corrected chi connectivity index (χ4v) is 3.22. The number of hydrogen-bond donors (Lipinski definition) is 1. The third kappa shape index (κ3) is 4.57. The number of nitrogens with zero attached hydrogens (tertiary/aromatic N) is 1. The van der Waals surface area contributed by atoms with Crippen LogP contribution in [0.4, 0.5) is 10.5 Å². The van der Waals surface area contributed by atoms with Gasteiger partial charge in [-0.2, -0.15) is 0 Å². The summed E-state index contributed by atoms with van der Waals surface area (Å²) in [6, 6.07) is 9.06. The second-order valence-corrected chi connectivity index (χ2v) is 7.01. The Morgan fingerprint density at radius 3 is 2.74 bits per heavy atom. The summed E-state index contributed by atoms with van der Waals surface area (Å²) < 4.78 is 5.15. The van der Waals surface area contributed by atoms with Crippen molar-refractivity contribution in [3.63, 3.8) is 0 Å². The van der Waals surface area contributed by atoms with Crippen LogP contribution in [0.1, 0.15) is 16.9 Å². The number of allylic oxidation sites excluding steroid dienone is 2. The molecule has 2 heterocycles. The van der Waals surface area contributed by atoms with Gasteiger partial charge in [0.1, 0.15) is 12.3 Å². The van der Waals surface area contributed by atoms with Crippen molar-refractivity contribution in [2.45, 2.75) is 13.8 Å². The lowest BCUT2D eigenvalue weighted by Crippen LogP contribution is -2.36. The number of anilines is 1. The molecule has 7 heteroatoms. The van der Waals surface area contributed by atoms with Crippen LogP contribution in [0.25, 0.3) is 6.08 Å². The summed E-state index contributed by atoms with van der Waals surface area (Å²) in [6.07, 6.45) is 6.39. The molecule has 1 aliphatic rings. The summed E-state index contributed by atoms with van der Waals surface area (Å²) in [6.45, 7) is 3.60. The largest absolute Gasteiger partial charge is 0.465 e. The third-order valence-electron chi connectivity index (χ3n) is 4.02. The molecule has 1 aromatic heterocycles. The summed E-state index contributed by atoms with van der Waals surface area (Å²) >= 11 is 0.808. The number of carbonyl (C=O) groups is 3. The van der Waals surface area contributed by atoms with Crippen molar-refractivity contribution in [2.24, 2.45) is 0 Å². The van der Waals surface area contributed by atoms with E-state index in [0.717, 1.165) is 27.8 Å². The smallest absolute Gasteiger partial charge is 0.294 e. The van der Waals surface area contributed by atoms with E-state index in [2.05, 4.69) is 5.32 Å². The van der Waals surface area contributed by atoms with Crippen LogP contribution in [0.2, 0.25) is 0 Å². The molecule has 1 fully saturated rings. The van der Waals surface area contributed by atoms with E-state index in [-0.39, 0.29) is 11.4 Å². The Bertz CT molecular complexity index is 945. The average Bonchev–Trinajstić information content (AvgIpc) is 3.22. The van der Waals surface area contributed by atoms with Crippen LogP contribution in [0.5, 0.6) is 0 Å². The predicted molar refractivity (Wildman–Crippen MR) is 105 cm³/mol. The summed E-state index contributed by atoms with van der Waals surface area (Å²) in [5.74, 6) is -0.268. The monoisotopic (exact) mass is 382 g/mol. The maximum absolute atomic E-state index is 12.4. The SMILES string of the molecule is Cc1ccc(NC(=O)CN2C(=O)SC(=CC=Cc3ccco3)C2=O)cc1C.